The molecular weight excluding hydrogens is 243 g/mol. The van der Waals surface area contributed by atoms with Crippen molar-refractivity contribution in [3.05, 3.63) is 35.1 Å². The fourth-order valence-corrected chi connectivity index (χ4v) is 2.08. The van der Waals surface area contributed by atoms with Gasteiger partial charge in [0.1, 0.15) is 0 Å². The highest BCUT2D eigenvalue weighted by Gasteiger charge is 2.28. The Morgan fingerprint density at radius 1 is 1.22 bits per heavy atom. The van der Waals surface area contributed by atoms with Gasteiger partial charge in [0.25, 0.3) is 0 Å². The first kappa shape index (κ1) is 13.4. The van der Waals surface area contributed by atoms with Crippen molar-refractivity contribution in [2.45, 2.75) is 38.5 Å². The van der Waals surface area contributed by atoms with Crippen LogP contribution in [-0.2, 0) is 11.3 Å². The molecule has 2 nitrogen and oxygen atoms in total. The number of hydrogen-bond acceptors (Lipinski definition) is 2. The zero-order chi connectivity index (χ0) is 13.1. The second-order valence-corrected chi connectivity index (χ2v) is 4.50. The summed E-state index contributed by atoms with van der Waals surface area (Å²) in [6.07, 6.45) is 2.09. The quantitative estimate of drug-likeness (QED) is 0.821. The molecule has 18 heavy (non-hydrogen) atoms. The maximum Gasteiger partial charge on any atom is 0.194 e. The molecule has 0 unspecified atom stereocenters. The molecule has 0 saturated heterocycles. The van der Waals surface area contributed by atoms with Crippen LogP contribution in [0.15, 0.2) is 12.1 Å². The Balaban J connectivity index is 1.81. The predicted molar refractivity (Wildman–Crippen MR) is 61.6 cm³/mol. The van der Waals surface area contributed by atoms with Crippen LogP contribution in [0, 0.1) is 17.5 Å². The van der Waals surface area contributed by atoms with Gasteiger partial charge in [-0.2, -0.15) is 0 Å². The van der Waals surface area contributed by atoms with Crippen LogP contribution in [0.4, 0.5) is 13.2 Å². The highest BCUT2D eigenvalue weighted by atomic mass is 19.2. The summed E-state index contributed by atoms with van der Waals surface area (Å²) in [6.45, 7) is 2.98. The molecule has 0 aromatic heterocycles. The van der Waals surface area contributed by atoms with Crippen molar-refractivity contribution in [2.75, 3.05) is 6.61 Å². The molecular formula is C13H16F3NO. The van der Waals surface area contributed by atoms with Gasteiger partial charge in [0.15, 0.2) is 17.5 Å². The van der Waals surface area contributed by atoms with Gasteiger partial charge in [-0.05, 0) is 37.5 Å². The second-order valence-electron chi connectivity index (χ2n) is 4.50. The summed E-state index contributed by atoms with van der Waals surface area (Å²) in [5.74, 6) is -3.71. The summed E-state index contributed by atoms with van der Waals surface area (Å²) >= 11 is 0. The van der Waals surface area contributed by atoms with Crippen LogP contribution in [0.5, 0.6) is 0 Å². The molecule has 1 saturated carbocycles. The minimum atomic E-state index is -1.42. The summed E-state index contributed by atoms with van der Waals surface area (Å²) < 4.78 is 44.1. The number of rotatable bonds is 5. The zero-order valence-electron chi connectivity index (χ0n) is 10.2. The van der Waals surface area contributed by atoms with E-state index in [0.717, 1.165) is 25.0 Å². The van der Waals surface area contributed by atoms with E-state index in [9.17, 15) is 13.2 Å². The van der Waals surface area contributed by atoms with Crippen molar-refractivity contribution in [1.29, 1.82) is 0 Å². The lowest BCUT2D eigenvalue weighted by Gasteiger charge is -2.35. The summed E-state index contributed by atoms with van der Waals surface area (Å²) in [6, 6.07) is 2.34. The van der Waals surface area contributed by atoms with E-state index in [0.29, 0.717) is 24.8 Å². The average molecular weight is 259 g/mol. The molecule has 0 radical (unpaired) electrons. The highest BCUT2D eigenvalue weighted by Crippen LogP contribution is 2.23. The van der Waals surface area contributed by atoms with Crippen molar-refractivity contribution < 1.29 is 17.9 Å². The lowest BCUT2D eigenvalue weighted by molar-refractivity contribution is -0.0102. The Morgan fingerprint density at radius 3 is 2.39 bits per heavy atom. The van der Waals surface area contributed by atoms with E-state index in [1.54, 1.807) is 0 Å². The molecule has 1 fully saturated rings. The van der Waals surface area contributed by atoms with Crippen molar-refractivity contribution in [1.82, 2.24) is 5.32 Å². The monoisotopic (exact) mass is 259 g/mol. The minimum absolute atomic E-state index is 0.286. The topological polar surface area (TPSA) is 21.3 Å². The molecule has 1 aliphatic rings. The smallest absolute Gasteiger partial charge is 0.194 e. The van der Waals surface area contributed by atoms with Crippen molar-refractivity contribution >= 4 is 0 Å². The third kappa shape index (κ3) is 3.03. The summed E-state index contributed by atoms with van der Waals surface area (Å²) in [5, 5.41) is 3.16. The van der Waals surface area contributed by atoms with Crippen LogP contribution in [0.3, 0.4) is 0 Å². The van der Waals surface area contributed by atoms with Gasteiger partial charge in [-0.25, -0.2) is 13.2 Å². The van der Waals surface area contributed by atoms with Crippen LogP contribution < -0.4 is 5.32 Å². The predicted octanol–water partition coefficient (Wildman–Crippen LogP) is 2.76. The molecule has 0 spiro atoms. The molecule has 5 heteroatoms. The summed E-state index contributed by atoms with van der Waals surface area (Å²) in [7, 11) is 0. The molecule has 0 amide bonds. The molecule has 0 aliphatic heterocycles. The van der Waals surface area contributed by atoms with E-state index in [1.165, 1.54) is 0 Å². The lowest BCUT2D eigenvalue weighted by Crippen LogP contribution is -2.45. The lowest BCUT2D eigenvalue weighted by atomic mass is 9.89. The summed E-state index contributed by atoms with van der Waals surface area (Å²) in [5.41, 5.74) is 0.409. The van der Waals surface area contributed by atoms with Crippen LogP contribution in [0.2, 0.25) is 0 Å². The van der Waals surface area contributed by atoms with E-state index in [4.69, 9.17) is 4.74 Å². The van der Waals surface area contributed by atoms with Crippen LogP contribution in [-0.4, -0.2) is 18.8 Å². The maximum absolute atomic E-state index is 13.0. The third-order valence-corrected chi connectivity index (χ3v) is 3.14. The molecule has 1 aliphatic carbocycles. The summed E-state index contributed by atoms with van der Waals surface area (Å²) in [4.78, 5) is 0. The molecule has 0 atom stereocenters. The average Bonchev–Trinajstić information content (AvgIpc) is 2.28. The van der Waals surface area contributed by atoms with E-state index in [2.05, 4.69) is 5.32 Å². The third-order valence-electron chi connectivity index (χ3n) is 3.14. The Kier molecular flexibility index (Phi) is 4.24. The van der Waals surface area contributed by atoms with Gasteiger partial charge in [-0.15, -0.1) is 0 Å². The van der Waals surface area contributed by atoms with E-state index >= 15 is 0 Å². The number of halogens is 3. The number of nitrogens with one attached hydrogen (secondary N) is 1. The van der Waals surface area contributed by atoms with Gasteiger partial charge < -0.3 is 10.1 Å². The number of hydrogen-bond donors (Lipinski definition) is 1. The normalized spacial score (nSPS) is 22.9. The maximum atomic E-state index is 13.0. The van der Waals surface area contributed by atoms with Gasteiger partial charge in [0.2, 0.25) is 0 Å². The van der Waals surface area contributed by atoms with Crippen LogP contribution in [0.25, 0.3) is 0 Å². The van der Waals surface area contributed by atoms with Crippen molar-refractivity contribution in [3.63, 3.8) is 0 Å². The molecule has 100 valence electrons. The van der Waals surface area contributed by atoms with Gasteiger partial charge in [0, 0.05) is 19.2 Å². The van der Waals surface area contributed by atoms with E-state index in [1.807, 2.05) is 6.92 Å². The van der Waals surface area contributed by atoms with Gasteiger partial charge >= 0.3 is 0 Å². The first-order valence-electron chi connectivity index (χ1n) is 6.08. The minimum Gasteiger partial charge on any atom is -0.378 e. The van der Waals surface area contributed by atoms with Gasteiger partial charge in [0.05, 0.1) is 6.10 Å². The number of ether oxygens (including phenoxy) is 1. The van der Waals surface area contributed by atoms with Gasteiger partial charge in [-0.3, -0.25) is 0 Å². The van der Waals surface area contributed by atoms with E-state index in [-0.39, 0.29) is 6.10 Å². The second kappa shape index (κ2) is 5.71. The molecule has 2 rings (SSSR count). The molecule has 0 bridgehead atoms. The van der Waals surface area contributed by atoms with E-state index < -0.39 is 17.5 Å². The standard InChI is InChI=1S/C13H16F3NO/c1-2-18-10-5-9(6-10)17-7-8-3-11(14)13(16)12(15)4-8/h3-4,9-10,17H,2,5-7H2,1H3. The Labute approximate surface area is 104 Å². The molecule has 1 aromatic rings. The first-order valence-corrected chi connectivity index (χ1v) is 6.08. The van der Waals surface area contributed by atoms with Crippen molar-refractivity contribution in [2.24, 2.45) is 0 Å². The number of benzene rings is 1. The Hall–Kier alpha value is -1.07. The highest BCUT2D eigenvalue weighted by molar-refractivity contribution is 5.19. The largest absolute Gasteiger partial charge is 0.378 e. The Morgan fingerprint density at radius 2 is 1.83 bits per heavy atom. The fourth-order valence-electron chi connectivity index (χ4n) is 2.08. The fraction of sp³-hybridized carbons (Fsp3) is 0.538. The van der Waals surface area contributed by atoms with Crippen molar-refractivity contribution in [3.8, 4) is 0 Å². The van der Waals surface area contributed by atoms with Gasteiger partial charge in [-0.1, -0.05) is 0 Å². The molecule has 0 heterocycles. The van der Waals surface area contributed by atoms with Crippen LogP contribution >= 0.6 is 0 Å². The van der Waals surface area contributed by atoms with Crippen LogP contribution in [0.1, 0.15) is 25.3 Å². The molecule has 1 N–H and O–H groups in total. The first-order chi connectivity index (χ1) is 8.60. The Bertz CT molecular complexity index is 396. The zero-order valence-corrected chi connectivity index (χ0v) is 10.2. The SMILES string of the molecule is CCOC1CC(NCc2cc(F)c(F)c(F)c2)C1. The molecule has 1 aromatic carbocycles.